The van der Waals surface area contributed by atoms with Crippen LogP contribution in [-0.4, -0.2) is 24.3 Å². The summed E-state index contributed by atoms with van der Waals surface area (Å²) < 4.78 is 0. The van der Waals surface area contributed by atoms with Crippen molar-refractivity contribution in [3.05, 3.63) is 0 Å². The van der Waals surface area contributed by atoms with E-state index in [1.165, 1.54) is 96.3 Å². The first-order valence-corrected chi connectivity index (χ1v) is 9.67. The van der Waals surface area contributed by atoms with Crippen molar-refractivity contribution in [3.8, 4) is 0 Å². The van der Waals surface area contributed by atoms with E-state index in [4.69, 9.17) is 0 Å². The second-order valence-corrected chi connectivity index (χ2v) is 6.63. The lowest BCUT2D eigenvalue weighted by Gasteiger charge is -2.19. The molecule has 2 heteroatoms. The van der Waals surface area contributed by atoms with Crippen molar-refractivity contribution in [2.45, 2.75) is 103 Å². The molecule has 0 aromatic heterocycles. The Morgan fingerprint density at radius 2 is 0.810 bits per heavy atom. The van der Waals surface area contributed by atoms with E-state index in [-0.39, 0.29) is 0 Å². The third-order valence-corrected chi connectivity index (χ3v) is 4.61. The van der Waals surface area contributed by atoms with Gasteiger partial charge >= 0.3 is 0 Å². The van der Waals surface area contributed by atoms with Crippen LogP contribution in [0.5, 0.6) is 0 Å². The Balaban J connectivity index is 2.21. The normalized spacial score (nSPS) is 22.8. The van der Waals surface area contributed by atoms with Crippen LogP contribution in [0.2, 0.25) is 0 Å². The number of hydrogen-bond donors (Lipinski definition) is 0. The monoisotopic (exact) mass is 294 g/mol. The van der Waals surface area contributed by atoms with E-state index in [9.17, 15) is 0 Å². The van der Waals surface area contributed by atoms with Gasteiger partial charge in [0.2, 0.25) is 0 Å². The Morgan fingerprint density at radius 1 is 0.524 bits per heavy atom. The maximum atomic E-state index is 4.52. The molecular weight excluding hydrogens is 256 g/mol. The van der Waals surface area contributed by atoms with E-state index in [1.54, 1.807) is 0 Å². The Kier molecular flexibility index (Phi) is 12.7. The summed E-state index contributed by atoms with van der Waals surface area (Å²) in [4.78, 5) is 0. The molecule has 1 heterocycles. The van der Waals surface area contributed by atoms with E-state index in [2.05, 4.69) is 10.1 Å². The van der Waals surface area contributed by atoms with E-state index in [0.29, 0.717) is 0 Å². The molecule has 1 rings (SSSR count). The van der Waals surface area contributed by atoms with Crippen LogP contribution >= 0.6 is 0 Å². The summed E-state index contributed by atoms with van der Waals surface area (Å²) in [6, 6.07) is 0. The molecule has 0 aromatic carbocycles. The molecule has 1 fully saturated rings. The average Bonchev–Trinajstić information content (AvgIpc) is 2.49. The maximum absolute atomic E-state index is 4.52. The van der Waals surface area contributed by atoms with Gasteiger partial charge in [-0.05, 0) is 19.8 Å². The second-order valence-electron chi connectivity index (χ2n) is 6.63. The molecule has 0 spiro atoms. The van der Waals surface area contributed by atoms with E-state index in [0.717, 1.165) is 13.1 Å². The highest BCUT2D eigenvalue weighted by Crippen LogP contribution is 2.14. The van der Waals surface area contributed by atoms with Crippen LogP contribution < -0.4 is 0 Å². The number of hydrogen-bond acceptors (Lipinski definition) is 2. The zero-order valence-corrected chi connectivity index (χ0v) is 14.5. The molecule has 0 radical (unpaired) electrons. The zero-order valence-electron chi connectivity index (χ0n) is 14.5. The van der Waals surface area contributed by atoms with Crippen LogP contribution in [0.15, 0.2) is 5.10 Å². The summed E-state index contributed by atoms with van der Waals surface area (Å²) in [6.45, 7) is 4.35. The minimum atomic E-state index is 1.16. The molecule has 0 amide bonds. The minimum Gasteiger partial charge on any atom is -0.297 e. The smallest absolute Gasteiger partial charge is 0.0360 e. The molecule has 0 unspecified atom stereocenters. The molecule has 0 aromatic rings. The van der Waals surface area contributed by atoms with Crippen LogP contribution in [0, 0.1) is 0 Å². The van der Waals surface area contributed by atoms with Crippen molar-refractivity contribution in [2.24, 2.45) is 5.10 Å². The summed E-state index contributed by atoms with van der Waals surface area (Å²) in [5.41, 5.74) is 0. The quantitative estimate of drug-likeness (QED) is 0.529. The molecule has 1 saturated heterocycles. The SMILES string of the molecule is CC=NN1CCCCCCCCCCCCCCCCC1. The van der Waals surface area contributed by atoms with Crippen molar-refractivity contribution >= 4 is 6.21 Å². The van der Waals surface area contributed by atoms with Gasteiger partial charge in [0.1, 0.15) is 0 Å². The number of rotatable bonds is 1. The van der Waals surface area contributed by atoms with E-state index >= 15 is 0 Å². The van der Waals surface area contributed by atoms with Crippen LogP contribution in [0.25, 0.3) is 0 Å². The molecule has 124 valence electrons. The molecule has 0 N–H and O–H groups in total. The van der Waals surface area contributed by atoms with Gasteiger partial charge in [-0.3, -0.25) is 5.01 Å². The van der Waals surface area contributed by atoms with E-state index < -0.39 is 0 Å². The topological polar surface area (TPSA) is 15.6 Å². The average molecular weight is 295 g/mol. The highest BCUT2D eigenvalue weighted by Gasteiger charge is 2.01. The molecule has 0 bridgehead atoms. The van der Waals surface area contributed by atoms with Crippen LogP contribution in [-0.2, 0) is 0 Å². The van der Waals surface area contributed by atoms with Crippen LogP contribution in [0.3, 0.4) is 0 Å². The van der Waals surface area contributed by atoms with Crippen molar-refractivity contribution in [2.75, 3.05) is 13.1 Å². The Morgan fingerprint density at radius 3 is 1.10 bits per heavy atom. The first-order valence-electron chi connectivity index (χ1n) is 9.67. The van der Waals surface area contributed by atoms with Gasteiger partial charge in [0, 0.05) is 19.3 Å². The lowest BCUT2D eigenvalue weighted by molar-refractivity contribution is 0.273. The Labute approximate surface area is 133 Å². The van der Waals surface area contributed by atoms with Crippen molar-refractivity contribution in [1.82, 2.24) is 5.01 Å². The van der Waals surface area contributed by atoms with Gasteiger partial charge in [-0.2, -0.15) is 5.10 Å². The molecule has 21 heavy (non-hydrogen) atoms. The summed E-state index contributed by atoms with van der Waals surface area (Å²) in [5.74, 6) is 0. The number of nitrogens with zero attached hydrogens (tertiary/aromatic N) is 2. The summed E-state index contributed by atoms with van der Waals surface area (Å²) in [7, 11) is 0. The van der Waals surface area contributed by atoms with E-state index in [1.807, 2.05) is 13.1 Å². The van der Waals surface area contributed by atoms with Crippen molar-refractivity contribution in [3.63, 3.8) is 0 Å². The van der Waals surface area contributed by atoms with Gasteiger partial charge in [0.25, 0.3) is 0 Å². The van der Waals surface area contributed by atoms with Crippen LogP contribution in [0.1, 0.15) is 103 Å². The van der Waals surface area contributed by atoms with Gasteiger partial charge < -0.3 is 0 Å². The highest BCUT2D eigenvalue weighted by atomic mass is 15.4. The molecule has 2 nitrogen and oxygen atoms in total. The first-order chi connectivity index (χ1) is 10.4. The fourth-order valence-electron chi connectivity index (χ4n) is 3.28. The Bertz CT molecular complexity index is 220. The molecular formula is C19H38N2. The van der Waals surface area contributed by atoms with Gasteiger partial charge in [-0.25, -0.2) is 0 Å². The summed E-state index contributed by atoms with van der Waals surface area (Å²) in [5, 5.41) is 6.82. The maximum Gasteiger partial charge on any atom is 0.0360 e. The van der Waals surface area contributed by atoms with Gasteiger partial charge in [-0.1, -0.05) is 83.5 Å². The summed E-state index contributed by atoms with van der Waals surface area (Å²) in [6.07, 6.45) is 23.3. The first kappa shape index (κ1) is 18.5. The number of hydrazone groups is 1. The van der Waals surface area contributed by atoms with Gasteiger partial charge in [0.05, 0.1) is 0 Å². The predicted octanol–water partition coefficient (Wildman–Crippen LogP) is 6.16. The highest BCUT2D eigenvalue weighted by molar-refractivity contribution is 5.52. The fraction of sp³-hybridized carbons (Fsp3) is 0.947. The largest absolute Gasteiger partial charge is 0.297 e. The lowest BCUT2D eigenvalue weighted by Crippen LogP contribution is -2.20. The minimum absolute atomic E-state index is 1.16. The van der Waals surface area contributed by atoms with Gasteiger partial charge in [-0.15, -0.1) is 0 Å². The van der Waals surface area contributed by atoms with Gasteiger partial charge in [0.15, 0.2) is 0 Å². The van der Waals surface area contributed by atoms with Crippen LogP contribution in [0.4, 0.5) is 0 Å². The molecule has 1 aliphatic heterocycles. The lowest BCUT2D eigenvalue weighted by atomic mass is 10.0. The fourth-order valence-corrected chi connectivity index (χ4v) is 3.28. The summed E-state index contributed by atoms with van der Waals surface area (Å²) >= 11 is 0. The third kappa shape index (κ3) is 11.8. The Hall–Kier alpha value is -0.530. The third-order valence-electron chi connectivity index (χ3n) is 4.61. The van der Waals surface area contributed by atoms with Crippen molar-refractivity contribution in [1.29, 1.82) is 0 Å². The predicted molar refractivity (Wildman–Crippen MR) is 95.0 cm³/mol. The molecule has 0 atom stereocenters. The molecule has 0 aliphatic carbocycles. The van der Waals surface area contributed by atoms with Crippen molar-refractivity contribution < 1.29 is 0 Å². The second kappa shape index (κ2) is 14.4. The standard InChI is InChI=1S/C19H38N2/c1-2-20-21-18-16-14-12-10-8-6-4-3-5-7-9-11-13-15-17-19-21/h2H,3-19H2,1H3. The molecule has 1 aliphatic rings. The molecule has 0 saturated carbocycles. The zero-order chi connectivity index (χ0) is 15.0.